The number of carbonyl (C=O) groups is 2. The zero-order valence-corrected chi connectivity index (χ0v) is 32.6. The van der Waals surface area contributed by atoms with Crippen molar-refractivity contribution in [1.82, 2.24) is 0 Å². The van der Waals surface area contributed by atoms with Crippen molar-refractivity contribution in [1.29, 1.82) is 0 Å². The fourth-order valence-electron chi connectivity index (χ4n) is 6.24. The average molecular weight is 723 g/mol. The Morgan fingerprint density at radius 2 is 0.808 bits per heavy atom. The van der Waals surface area contributed by atoms with E-state index < -0.39 is 12.2 Å². The van der Waals surface area contributed by atoms with Gasteiger partial charge in [0.25, 0.3) is 0 Å². The molecule has 3 rings (SSSR count). The van der Waals surface area contributed by atoms with Crippen molar-refractivity contribution in [2.24, 2.45) is 0 Å². The molecule has 2 unspecified atom stereocenters. The highest BCUT2D eigenvalue weighted by molar-refractivity contribution is 6.11. The van der Waals surface area contributed by atoms with Gasteiger partial charge in [0.1, 0.15) is 24.7 Å². The second kappa shape index (κ2) is 26.4. The largest absolute Gasteiger partial charge is 0.488 e. The van der Waals surface area contributed by atoms with Gasteiger partial charge in [-0.3, -0.25) is 9.59 Å². The number of carbonyl (C=O) groups excluding carboxylic acids is 2. The molecule has 8 nitrogen and oxygen atoms in total. The van der Waals surface area contributed by atoms with E-state index in [1.807, 2.05) is 62.4 Å². The van der Waals surface area contributed by atoms with Crippen LogP contribution in [0.4, 0.5) is 0 Å². The molecule has 0 amide bonds. The highest BCUT2D eigenvalue weighted by atomic mass is 16.6. The minimum absolute atomic E-state index is 0.158. The molecule has 8 heteroatoms. The van der Waals surface area contributed by atoms with Crippen LogP contribution in [0.1, 0.15) is 130 Å². The molecule has 0 aliphatic rings. The molecule has 290 valence electrons. The Labute approximate surface area is 313 Å². The molecule has 0 N–H and O–H groups in total. The number of benzene rings is 3. The Morgan fingerprint density at radius 3 is 1.15 bits per heavy atom. The van der Waals surface area contributed by atoms with E-state index >= 15 is 0 Å². The van der Waals surface area contributed by atoms with Gasteiger partial charge in [-0.15, -0.1) is 0 Å². The van der Waals surface area contributed by atoms with E-state index in [1.165, 1.54) is 51.4 Å². The molecule has 3 aromatic carbocycles. The van der Waals surface area contributed by atoms with Crippen LogP contribution in [0.3, 0.4) is 0 Å². The van der Waals surface area contributed by atoms with Crippen LogP contribution in [0, 0.1) is 0 Å². The number of ether oxygens (including phenoxy) is 6. The van der Waals surface area contributed by atoms with Crippen LogP contribution in [0.25, 0.3) is 21.5 Å². The van der Waals surface area contributed by atoms with Crippen molar-refractivity contribution >= 4 is 33.5 Å². The maximum absolute atomic E-state index is 12.6. The Morgan fingerprint density at radius 1 is 0.462 bits per heavy atom. The summed E-state index contributed by atoms with van der Waals surface area (Å²) in [6.45, 7) is 10.5. The van der Waals surface area contributed by atoms with Crippen LogP contribution in [-0.2, 0) is 28.5 Å². The second-order valence-corrected chi connectivity index (χ2v) is 13.8. The van der Waals surface area contributed by atoms with Gasteiger partial charge in [-0.2, -0.15) is 0 Å². The first-order valence-corrected chi connectivity index (χ1v) is 20.3. The average Bonchev–Trinajstić information content (AvgIpc) is 3.14. The maximum atomic E-state index is 12.6. The summed E-state index contributed by atoms with van der Waals surface area (Å²) in [5, 5.41) is 3.51. The summed E-state index contributed by atoms with van der Waals surface area (Å²) in [5.41, 5.74) is 0. The molecular weight excluding hydrogens is 656 g/mol. The van der Waals surface area contributed by atoms with Crippen molar-refractivity contribution in [3.8, 4) is 11.5 Å². The van der Waals surface area contributed by atoms with E-state index in [2.05, 4.69) is 13.8 Å². The molecule has 0 saturated heterocycles. The predicted octanol–water partition coefficient (Wildman–Crippen LogP) is 10.9. The number of esters is 2. The highest BCUT2D eigenvalue weighted by Gasteiger charge is 2.22. The smallest absolute Gasteiger partial charge is 0.306 e. The van der Waals surface area contributed by atoms with E-state index in [1.54, 1.807) is 0 Å². The van der Waals surface area contributed by atoms with Crippen LogP contribution in [0.15, 0.2) is 48.5 Å². The molecule has 52 heavy (non-hydrogen) atoms. The summed E-state index contributed by atoms with van der Waals surface area (Å²) in [6, 6.07) is 15.9. The van der Waals surface area contributed by atoms with Gasteiger partial charge in [0, 0.05) is 47.6 Å². The second-order valence-electron chi connectivity index (χ2n) is 13.8. The molecule has 3 aromatic rings. The van der Waals surface area contributed by atoms with Gasteiger partial charge in [0.15, 0.2) is 12.2 Å². The van der Waals surface area contributed by atoms with Crippen molar-refractivity contribution < 1.29 is 38.0 Å². The third-order valence-electron chi connectivity index (χ3n) is 9.06. The van der Waals surface area contributed by atoms with Crippen molar-refractivity contribution in [2.75, 3.05) is 39.6 Å². The zero-order valence-electron chi connectivity index (χ0n) is 32.6. The number of fused-ring (bicyclic) bond motifs is 2. The number of rotatable bonds is 30. The summed E-state index contributed by atoms with van der Waals surface area (Å²) >= 11 is 0. The van der Waals surface area contributed by atoms with E-state index in [9.17, 15) is 9.59 Å². The van der Waals surface area contributed by atoms with Crippen LogP contribution >= 0.6 is 0 Å². The van der Waals surface area contributed by atoms with Crippen LogP contribution in [0.5, 0.6) is 11.5 Å². The number of hydrogen-bond donors (Lipinski definition) is 0. The van der Waals surface area contributed by atoms with E-state index in [-0.39, 0.29) is 38.4 Å². The highest BCUT2D eigenvalue weighted by Crippen LogP contribution is 2.43. The topological polar surface area (TPSA) is 89.5 Å². The fourth-order valence-corrected chi connectivity index (χ4v) is 6.24. The van der Waals surface area contributed by atoms with Gasteiger partial charge in [-0.25, -0.2) is 0 Å². The molecule has 0 heterocycles. The fraction of sp³-hybridized carbons (Fsp3) is 0.636. The summed E-state index contributed by atoms with van der Waals surface area (Å²) in [5.74, 6) is 0.893. The van der Waals surface area contributed by atoms with E-state index in [0.717, 1.165) is 47.2 Å². The van der Waals surface area contributed by atoms with E-state index in [0.29, 0.717) is 50.4 Å². The molecule has 0 saturated carbocycles. The Bertz CT molecular complexity index is 1260. The third-order valence-corrected chi connectivity index (χ3v) is 9.06. The standard InChI is InChI=1S/C44H66O8/c1-5-9-11-13-15-21-29-47-31-35(51-41(45)23-7-3)33-49-43-37-25-17-19-27-39(37)44(40-28-20-18-26-38(40)43)50-34-36(52-42(46)24-8-4)32-48-30-22-16-14-12-10-6-2/h17-20,25-28,35-36H,5-16,21-24,29-34H2,1-4H3. The summed E-state index contributed by atoms with van der Waals surface area (Å²) in [6.07, 6.45) is 15.2. The predicted molar refractivity (Wildman–Crippen MR) is 210 cm³/mol. The molecule has 0 aromatic heterocycles. The lowest BCUT2D eigenvalue weighted by Crippen LogP contribution is -2.30. The SMILES string of the molecule is CCCCCCCCOCC(COc1c2ccccc2c(OCC(COCCCCCCCC)OC(=O)CCC)c2ccccc12)OC(=O)CCC. The van der Waals surface area contributed by atoms with Gasteiger partial charge < -0.3 is 28.4 Å². The van der Waals surface area contributed by atoms with Crippen molar-refractivity contribution in [3.63, 3.8) is 0 Å². The lowest BCUT2D eigenvalue weighted by Gasteiger charge is -2.23. The van der Waals surface area contributed by atoms with Crippen molar-refractivity contribution in [3.05, 3.63) is 48.5 Å². The molecule has 0 bridgehead atoms. The maximum Gasteiger partial charge on any atom is 0.306 e. The van der Waals surface area contributed by atoms with Crippen LogP contribution in [0.2, 0.25) is 0 Å². The summed E-state index contributed by atoms with van der Waals surface area (Å²) in [4.78, 5) is 25.1. The molecule has 0 aliphatic carbocycles. The molecule has 0 fully saturated rings. The van der Waals surface area contributed by atoms with Crippen molar-refractivity contribution in [2.45, 2.75) is 143 Å². The first-order valence-electron chi connectivity index (χ1n) is 20.3. The Balaban J connectivity index is 1.76. The minimum atomic E-state index is -0.539. The molecule has 2 atom stereocenters. The normalized spacial score (nSPS) is 12.5. The van der Waals surface area contributed by atoms with Crippen LogP contribution < -0.4 is 9.47 Å². The van der Waals surface area contributed by atoms with Gasteiger partial charge in [0.05, 0.1) is 13.2 Å². The number of hydrogen-bond acceptors (Lipinski definition) is 8. The number of unbranched alkanes of at least 4 members (excludes halogenated alkanes) is 10. The Kier molecular flexibility index (Phi) is 21.9. The third kappa shape index (κ3) is 15.7. The zero-order chi connectivity index (χ0) is 37.2. The minimum Gasteiger partial charge on any atom is -0.488 e. The lowest BCUT2D eigenvalue weighted by molar-refractivity contribution is -0.155. The van der Waals surface area contributed by atoms with E-state index in [4.69, 9.17) is 28.4 Å². The monoisotopic (exact) mass is 722 g/mol. The van der Waals surface area contributed by atoms with Crippen LogP contribution in [-0.4, -0.2) is 63.8 Å². The molecular formula is C44H66O8. The van der Waals surface area contributed by atoms with Gasteiger partial charge in [-0.05, 0) is 25.7 Å². The molecule has 0 aliphatic heterocycles. The van der Waals surface area contributed by atoms with Gasteiger partial charge in [0.2, 0.25) is 0 Å². The van der Waals surface area contributed by atoms with Gasteiger partial charge in [-0.1, -0.05) is 140 Å². The first-order chi connectivity index (χ1) is 25.5. The summed E-state index contributed by atoms with van der Waals surface area (Å²) in [7, 11) is 0. The molecule has 0 spiro atoms. The summed E-state index contributed by atoms with van der Waals surface area (Å²) < 4.78 is 36.8. The first kappa shape index (κ1) is 43.0. The quantitative estimate of drug-likeness (QED) is 0.0382. The Hall–Kier alpha value is -3.36. The van der Waals surface area contributed by atoms with Gasteiger partial charge >= 0.3 is 11.9 Å². The molecule has 0 radical (unpaired) electrons. The lowest BCUT2D eigenvalue weighted by atomic mass is 10.0.